The Morgan fingerprint density at radius 3 is 2.61 bits per heavy atom. The van der Waals surface area contributed by atoms with E-state index < -0.39 is 5.97 Å². The molecule has 146 valence electrons. The molecule has 0 aliphatic carbocycles. The fraction of sp³-hybridized carbons (Fsp3) is 0.286. The van der Waals surface area contributed by atoms with Gasteiger partial charge in [0.1, 0.15) is 5.56 Å². The van der Waals surface area contributed by atoms with Crippen LogP contribution in [0.4, 0.5) is 0 Å². The number of thiophene rings is 1. The summed E-state index contributed by atoms with van der Waals surface area (Å²) in [6, 6.07) is 11.2. The predicted octanol–water partition coefficient (Wildman–Crippen LogP) is 4.87. The van der Waals surface area contributed by atoms with Crippen LogP contribution in [-0.4, -0.2) is 28.1 Å². The van der Waals surface area contributed by atoms with Crippen LogP contribution in [0.25, 0.3) is 0 Å². The van der Waals surface area contributed by atoms with Crippen LogP contribution in [0, 0.1) is 13.8 Å². The molecule has 28 heavy (non-hydrogen) atoms. The Morgan fingerprint density at radius 1 is 1.18 bits per heavy atom. The van der Waals surface area contributed by atoms with Crippen molar-refractivity contribution in [2.75, 3.05) is 6.61 Å². The first kappa shape index (κ1) is 20.3. The molecule has 0 unspecified atom stereocenters. The Labute approximate surface area is 172 Å². The third kappa shape index (κ3) is 4.34. The smallest absolute Gasteiger partial charge is 0.342 e. The standard InChI is InChI=1S/C21H21ClN2O3S/c1-4-16-9-10-19(28-16)18(25)12-27-21(26)20-13(2)23-24(14(20)3)11-15-7-5-6-8-17(15)22/h5-10H,4,11-12H2,1-3H3. The number of ether oxygens (including phenoxy) is 1. The van der Waals surface area contributed by atoms with Gasteiger partial charge < -0.3 is 4.74 Å². The van der Waals surface area contributed by atoms with E-state index in [1.54, 1.807) is 17.7 Å². The van der Waals surface area contributed by atoms with Crippen molar-refractivity contribution in [3.63, 3.8) is 0 Å². The minimum absolute atomic E-state index is 0.197. The third-order valence-electron chi connectivity index (χ3n) is 4.48. The number of carbonyl (C=O) groups is 2. The van der Waals surface area contributed by atoms with Crippen molar-refractivity contribution in [3.05, 3.63) is 73.7 Å². The molecule has 3 aromatic rings. The molecule has 0 saturated carbocycles. The molecule has 0 aliphatic rings. The van der Waals surface area contributed by atoms with E-state index in [0.717, 1.165) is 16.9 Å². The summed E-state index contributed by atoms with van der Waals surface area (Å²) in [6.45, 7) is 5.76. The van der Waals surface area contributed by atoms with E-state index in [4.69, 9.17) is 16.3 Å². The molecule has 0 bridgehead atoms. The van der Waals surface area contributed by atoms with Crippen molar-refractivity contribution in [2.24, 2.45) is 0 Å². The highest BCUT2D eigenvalue weighted by atomic mass is 35.5. The second-order valence-electron chi connectivity index (χ2n) is 6.41. The van der Waals surface area contributed by atoms with Gasteiger partial charge in [0.2, 0.25) is 5.78 Å². The van der Waals surface area contributed by atoms with E-state index in [2.05, 4.69) is 5.10 Å². The normalized spacial score (nSPS) is 10.9. The molecule has 3 rings (SSSR count). The zero-order valence-electron chi connectivity index (χ0n) is 16.0. The summed E-state index contributed by atoms with van der Waals surface area (Å²) >= 11 is 7.65. The fourth-order valence-corrected chi connectivity index (χ4v) is 3.99. The Bertz CT molecular complexity index is 1020. The molecule has 2 aromatic heterocycles. The number of halogens is 1. The molecule has 7 heteroatoms. The largest absolute Gasteiger partial charge is 0.454 e. The minimum atomic E-state index is -0.541. The molecule has 0 spiro atoms. The van der Waals surface area contributed by atoms with Gasteiger partial charge in [0.15, 0.2) is 6.61 Å². The SMILES string of the molecule is CCc1ccc(C(=O)COC(=O)c2c(C)nn(Cc3ccccc3Cl)c2C)s1. The highest BCUT2D eigenvalue weighted by Crippen LogP contribution is 2.21. The van der Waals surface area contributed by atoms with Gasteiger partial charge in [0.25, 0.3) is 0 Å². The Morgan fingerprint density at radius 2 is 1.93 bits per heavy atom. The Balaban J connectivity index is 1.71. The summed E-state index contributed by atoms with van der Waals surface area (Å²) in [5, 5.41) is 5.09. The van der Waals surface area contributed by atoms with Crippen LogP contribution in [0.15, 0.2) is 36.4 Å². The number of rotatable bonds is 7. The average Bonchev–Trinajstić information content (AvgIpc) is 3.26. The molecule has 0 aliphatic heterocycles. The van der Waals surface area contributed by atoms with Gasteiger partial charge in [-0.15, -0.1) is 11.3 Å². The van der Waals surface area contributed by atoms with Crippen molar-refractivity contribution in [1.29, 1.82) is 0 Å². The lowest BCUT2D eigenvalue weighted by Crippen LogP contribution is -2.15. The van der Waals surface area contributed by atoms with E-state index in [1.807, 2.05) is 44.2 Å². The zero-order valence-corrected chi connectivity index (χ0v) is 17.6. The molecule has 1 aromatic carbocycles. The fourth-order valence-electron chi connectivity index (χ4n) is 2.93. The summed E-state index contributed by atoms with van der Waals surface area (Å²) in [6.07, 6.45) is 0.876. The van der Waals surface area contributed by atoms with Crippen molar-refractivity contribution in [2.45, 2.75) is 33.7 Å². The number of benzene rings is 1. The maximum absolute atomic E-state index is 12.6. The van der Waals surface area contributed by atoms with Crippen molar-refractivity contribution in [3.8, 4) is 0 Å². The third-order valence-corrected chi connectivity index (χ3v) is 6.12. The molecule has 2 heterocycles. The lowest BCUT2D eigenvalue weighted by atomic mass is 10.2. The molecule has 0 N–H and O–H groups in total. The second kappa shape index (κ2) is 8.71. The van der Waals surface area contributed by atoms with Gasteiger partial charge in [-0.2, -0.15) is 5.10 Å². The van der Waals surface area contributed by atoms with E-state index in [-0.39, 0.29) is 12.4 Å². The summed E-state index contributed by atoms with van der Waals surface area (Å²) in [5.74, 6) is -0.738. The number of hydrogen-bond donors (Lipinski definition) is 0. The van der Waals surface area contributed by atoms with Gasteiger partial charge in [0, 0.05) is 9.90 Å². The topological polar surface area (TPSA) is 61.2 Å². The number of nitrogens with zero attached hydrogens (tertiary/aromatic N) is 2. The predicted molar refractivity (Wildman–Crippen MR) is 111 cm³/mol. The molecular formula is C21H21ClN2O3S. The molecule has 0 radical (unpaired) electrons. The number of aromatic nitrogens is 2. The van der Waals surface area contributed by atoms with Gasteiger partial charge in [-0.25, -0.2) is 4.79 Å². The first-order valence-corrected chi connectivity index (χ1v) is 10.2. The second-order valence-corrected chi connectivity index (χ2v) is 7.99. The van der Waals surface area contributed by atoms with Gasteiger partial charge in [-0.3, -0.25) is 9.48 Å². The lowest BCUT2D eigenvalue weighted by molar-refractivity contribution is 0.0474. The Hall–Kier alpha value is -2.44. The van der Waals surface area contributed by atoms with Crippen LogP contribution in [-0.2, 0) is 17.7 Å². The van der Waals surface area contributed by atoms with Gasteiger partial charge in [-0.1, -0.05) is 36.7 Å². The summed E-state index contributed by atoms with van der Waals surface area (Å²) in [4.78, 5) is 26.6. The van der Waals surface area contributed by atoms with Crippen LogP contribution >= 0.6 is 22.9 Å². The first-order chi connectivity index (χ1) is 13.4. The molecule has 0 saturated heterocycles. The Kier molecular flexibility index (Phi) is 6.31. The highest BCUT2D eigenvalue weighted by molar-refractivity contribution is 7.14. The van der Waals surface area contributed by atoms with E-state index in [1.165, 1.54) is 11.3 Å². The van der Waals surface area contributed by atoms with E-state index >= 15 is 0 Å². The number of aryl methyl sites for hydroxylation is 2. The van der Waals surface area contributed by atoms with Crippen LogP contribution in [0.1, 0.15) is 48.8 Å². The molecule has 5 nitrogen and oxygen atoms in total. The summed E-state index contributed by atoms with van der Waals surface area (Å²) in [5.41, 5.74) is 2.54. The number of esters is 1. The summed E-state index contributed by atoms with van der Waals surface area (Å²) in [7, 11) is 0. The van der Waals surface area contributed by atoms with Crippen LogP contribution < -0.4 is 0 Å². The lowest BCUT2D eigenvalue weighted by Gasteiger charge is -2.07. The van der Waals surface area contributed by atoms with E-state index in [9.17, 15) is 9.59 Å². The number of hydrogen-bond acceptors (Lipinski definition) is 5. The molecular weight excluding hydrogens is 396 g/mol. The monoisotopic (exact) mass is 416 g/mol. The minimum Gasteiger partial charge on any atom is -0.454 e. The van der Waals surface area contributed by atoms with Crippen molar-refractivity contribution >= 4 is 34.7 Å². The maximum atomic E-state index is 12.6. The van der Waals surface area contributed by atoms with Crippen LogP contribution in [0.5, 0.6) is 0 Å². The quantitative estimate of drug-likeness (QED) is 0.407. The number of ketones is 1. The van der Waals surface area contributed by atoms with Crippen LogP contribution in [0.3, 0.4) is 0 Å². The average molecular weight is 417 g/mol. The molecule has 0 amide bonds. The maximum Gasteiger partial charge on any atom is 0.342 e. The van der Waals surface area contributed by atoms with E-state index in [0.29, 0.717) is 33.4 Å². The van der Waals surface area contributed by atoms with Gasteiger partial charge in [0.05, 0.1) is 22.8 Å². The van der Waals surface area contributed by atoms with Gasteiger partial charge in [-0.05, 0) is 44.0 Å². The number of Topliss-reactive ketones (excluding diaryl/α,β-unsaturated/α-hetero) is 1. The molecule has 0 fully saturated rings. The highest BCUT2D eigenvalue weighted by Gasteiger charge is 2.22. The van der Waals surface area contributed by atoms with Crippen LogP contribution in [0.2, 0.25) is 5.02 Å². The first-order valence-electron chi connectivity index (χ1n) is 8.97. The zero-order chi connectivity index (χ0) is 20.3. The molecule has 0 atom stereocenters. The van der Waals surface area contributed by atoms with Crippen molar-refractivity contribution in [1.82, 2.24) is 9.78 Å². The summed E-state index contributed by atoms with van der Waals surface area (Å²) < 4.78 is 7.00. The van der Waals surface area contributed by atoms with Gasteiger partial charge >= 0.3 is 5.97 Å². The number of carbonyl (C=O) groups excluding carboxylic acids is 2. The van der Waals surface area contributed by atoms with Crippen molar-refractivity contribution < 1.29 is 14.3 Å².